The van der Waals surface area contributed by atoms with E-state index in [-0.39, 0.29) is 5.78 Å². The maximum atomic E-state index is 9.44. The molecule has 4 nitrogen and oxygen atoms in total. The van der Waals surface area contributed by atoms with E-state index in [0.717, 1.165) is 6.92 Å². The Morgan fingerprint density at radius 1 is 1.40 bits per heavy atom. The fourth-order valence-electron chi connectivity index (χ4n) is 0. The van der Waals surface area contributed by atoms with E-state index in [4.69, 9.17) is 10.2 Å². The third-order valence-electron chi connectivity index (χ3n) is 0.387. The summed E-state index contributed by atoms with van der Waals surface area (Å²) >= 11 is 0. The predicted octanol–water partition coefficient (Wildman–Crippen LogP) is -0.114. The van der Waals surface area contributed by atoms with Crippen molar-refractivity contribution in [2.24, 2.45) is 0 Å². The fraction of sp³-hybridized carbons (Fsp3) is 0.833. The van der Waals surface area contributed by atoms with Crippen LogP contribution in [0.5, 0.6) is 0 Å². The van der Waals surface area contributed by atoms with E-state index < -0.39 is 5.97 Å². The molecule has 2 N–H and O–H groups in total. The number of aliphatic hydroxyl groups is 2. The number of rotatable bonds is 1. The fourth-order valence-corrected chi connectivity index (χ4v) is 0. The van der Waals surface area contributed by atoms with Gasteiger partial charge in [0.05, 0.1) is 0 Å². The Balaban J connectivity index is 0. The highest BCUT2D eigenvalue weighted by Crippen LogP contribution is 1.92. The minimum Gasteiger partial charge on any atom is -0.344 e. The van der Waals surface area contributed by atoms with Gasteiger partial charge in [-0.05, 0) is 13.8 Å². The average molecular weight is 150 g/mol. The van der Waals surface area contributed by atoms with E-state index in [1.54, 1.807) is 0 Å². The zero-order valence-electron chi connectivity index (χ0n) is 6.71. The van der Waals surface area contributed by atoms with E-state index in [0.29, 0.717) is 0 Å². The van der Waals surface area contributed by atoms with Crippen molar-refractivity contribution in [3.05, 3.63) is 0 Å². The summed E-state index contributed by atoms with van der Waals surface area (Å²) in [6.45, 7) is 4.19. The summed E-state index contributed by atoms with van der Waals surface area (Å²) in [5.74, 6) is -1.79. The van der Waals surface area contributed by atoms with Crippen LogP contribution in [-0.4, -0.2) is 29.1 Å². The normalized spacial score (nSPS) is 9.80. The van der Waals surface area contributed by atoms with Crippen LogP contribution >= 0.6 is 0 Å². The first-order valence-electron chi connectivity index (χ1n) is 2.76. The first kappa shape index (κ1) is 12.2. The highest BCUT2D eigenvalue weighted by atomic mass is 16.8. The van der Waals surface area contributed by atoms with Gasteiger partial charge in [0.2, 0.25) is 0 Å². The minimum absolute atomic E-state index is 0.167. The molecule has 0 aliphatic heterocycles. The van der Waals surface area contributed by atoms with Crippen LogP contribution in [-0.2, 0) is 9.53 Å². The lowest BCUT2D eigenvalue weighted by Crippen LogP contribution is -2.24. The number of carbonyl (C=O) groups is 1. The monoisotopic (exact) mass is 150 g/mol. The van der Waals surface area contributed by atoms with Crippen molar-refractivity contribution in [1.82, 2.24) is 0 Å². The van der Waals surface area contributed by atoms with Gasteiger partial charge in [0.1, 0.15) is 5.78 Å². The van der Waals surface area contributed by atoms with Crippen LogP contribution in [0.4, 0.5) is 0 Å². The molecular formula is C6H14O4. The van der Waals surface area contributed by atoms with Crippen LogP contribution in [0, 0.1) is 0 Å². The molecule has 0 aromatic heterocycles. The molecule has 0 heterocycles. The van der Waals surface area contributed by atoms with Crippen molar-refractivity contribution < 1.29 is 19.7 Å². The van der Waals surface area contributed by atoms with Gasteiger partial charge < -0.3 is 19.7 Å². The van der Waals surface area contributed by atoms with Gasteiger partial charge in [0.15, 0.2) is 0 Å². The Bertz CT molecular complexity index is 88.4. The quantitative estimate of drug-likeness (QED) is 0.512. The second-order valence-electron chi connectivity index (χ2n) is 2.05. The molecule has 0 aliphatic carbocycles. The summed E-state index contributed by atoms with van der Waals surface area (Å²) in [6.07, 6.45) is 0. The molecule has 0 aromatic rings. The lowest BCUT2D eigenvalue weighted by Gasteiger charge is -2.10. The summed E-state index contributed by atoms with van der Waals surface area (Å²) in [4.78, 5) is 9.44. The van der Waals surface area contributed by atoms with Gasteiger partial charge in [-0.3, -0.25) is 0 Å². The Labute approximate surface area is 60.4 Å². The number of Topliss-reactive ketones (excluding diaryl/α,β-unsaturated/α-hetero) is 1. The number of ether oxygens (including phenoxy) is 1. The molecule has 4 heteroatoms. The number of methoxy groups -OCH3 is 1. The van der Waals surface area contributed by atoms with Gasteiger partial charge >= 0.3 is 0 Å². The number of carbonyl (C=O) groups excluding carboxylic acids is 1. The maximum Gasteiger partial charge on any atom is 0.274 e. The highest BCUT2D eigenvalue weighted by Gasteiger charge is 2.09. The molecule has 10 heavy (non-hydrogen) atoms. The lowest BCUT2D eigenvalue weighted by molar-refractivity contribution is -0.312. The third kappa shape index (κ3) is 49.8. The van der Waals surface area contributed by atoms with Crippen molar-refractivity contribution in [3.8, 4) is 0 Å². The lowest BCUT2D eigenvalue weighted by atomic mass is 10.6. The second kappa shape index (κ2) is 5.34. The zero-order chi connectivity index (χ0) is 8.78. The van der Waals surface area contributed by atoms with Gasteiger partial charge in [-0.25, -0.2) is 0 Å². The van der Waals surface area contributed by atoms with Gasteiger partial charge in [-0.15, -0.1) is 0 Å². The standard InChI is InChI=1S/C3H8O3.C3H6O/c1-3(4,5)6-2;1-3(2)4/h4-5H,1-2H3;1-2H3. The SMILES string of the molecule is CC(C)=O.COC(C)(O)O. The van der Waals surface area contributed by atoms with Crippen molar-refractivity contribution in [2.45, 2.75) is 26.7 Å². The van der Waals surface area contributed by atoms with Crippen molar-refractivity contribution >= 4 is 5.78 Å². The molecule has 0 bridgehead atoms. The highest BCUT2D eigenvalue weighted by molar-refractivity contribution is 5.72. The van der Waals surface area contributed by atoms with Crippen molar-refractivity contribution in [3.63, 3.8) is 0 Å². The van der Waals surface area contributed by atoms with Gasteiger partial charge in [0.25, 0.3) is 5.97 Å². The van der Waals surface area contributed by atoms with Crippen LogP contribution < -0.4 is 0 Å². The maximum absolute atomic E-state index is 9.44. The summed E-state index contributed by atoms with van der Waals surface area (Å²) < 4.78 is 4.05. The molecule has 0 atom stereocenters. The number of hydrogen-bond acceptors (Lipinski definition) is 4. The molecule has 62 valence electrons. The smallest absolute Gasteiger partial charge is 0.274 e. The van der Waals surface area contributed by atoms with Gasteiger partial charge in [0, 0.05) is 14.0 Å². The molecule has 0 radical (unpaired) electrons. The topological polar surface area (TPSA) is 66.8 Å². The van der Waals surface area contributed by atoms with Crippen LogP contribution in [0.3, 0.4) is 0 Å². The van der Waals surface area contributed by atoms with E-state index >= 15 is 0 Å². The van der Waals surface area contributed by atoms with E-state index in [2.05, 4.69) is 4.74 Å². The Morgan fingerprint density at radius 3 is 1.50 bits per heavy atom. The molecule has 0 saturated carbocycles. The van der Waals surface area contributed by atoms with Crippen LogP contribution in [0.25, 0.3) is 0 Å². The molecule has 0 amide bonds. The van der Waals surface area contributed by atoms with Gasteiger partial charge in [-0.2, -0.15) is 0 Å². The van der Waals surface area contributed by atoms with Crippen molar-refractivity contribution in [2.75, 3.05) is 7.11 Å². The number of ketones is 1. The first-order valence-corrected chi connectivity index (χ1v) is 2.76. The molecule has 0 unspecified atom stereocenters. The van der Waals surface area contributed by atoms with Crippen LogP contribution in [0.15, 0.2) is 0 Å². The average Bonchev–Trinajstić information content (AvgIpc) is 1.63. The molecule has 0 aromatic carbocycles. The second-order valence-corrected chi connectivity index (χ2v) is 2.05. The molecular weight excluding hydrogens is 136 g/mol. The van der Waals surface area contributed by atoms with E-state index in [1.165, 1.54) is 21.0 Å². The van der Waals surface area contributed by atoms with Crippen LogP contribution in [0.2, 0.25) is 0 Å². The summed E-state index contributed by atoms with van der Waals surface area (Å²) in [5.41, 5.74) is 0. The van der Waals surface area contributed by atoms with E-state index in [1.807, 2.05) is 0 Å². The molecule has 0 rings (SSSR count). The zero-order valence-corrected chi connectivity index (χ0v) is 6.71. The molecule has 0 saturated heterocycles. The molecule has 0 aliphatic rings. The summed E-state index contributed by atoms with van der Waals surface area (Å²) in [7, 11) is 1.21. The largest absolute Gasteiger partial charge is 0.344 e. The molecule has 0 fully saturated rings. The Hall–Kier alpha value is -0.450. The molecule has 0 spiro atoms. The first-order chi connectivity index (χ1) is 4.29. The Kier molecular flexibility index (Phi) is 6.54. The third-order valence-corrected chi connectivity index (χ3v) is 0.387. The van der Waals surface area contributed by atoms with Gasteiger partial charge in [-0.1, -0.05) is 0 Å². The summed E-state index contributed by atoms with van der Waals surface area (Å²) in [5, 5.41) is 16.3. The predicted molar refractivity (Wildman–Crippen MR) is 36.2 cm³/mol. The minimum atomic E-state index is -1.96. The van der Waals surface area contributed by atoms with Crippen LogP contribution in [0.1, 0.15) is 20.8 Å². The Morgan fingerprint density at radius 2 is 1.50 bits per heavy atom. The number of hydrogen-bond donors (Lipinski definition) is 2. The van der Waals surface area contributed by atoms with Crippen molar-refractivity contribution in [1.29, 1.82) is 0 Å². The van der Waals surface area contributed by atoms with E-state index in [9.17, 15) is 4.79 Å². The summed E-state index contributed by atoms with van der Waals surface area (Å²) in [6, 6.07) is 0.